The van der Waals surface area contributed by atoms with Crippen molar-refractivity contribution in [2.24, 2.45) is 0 Å². The van der Waals surface area contributed by atoms with Crippen LogP contribution in [0, 0.1) is 13.8 Å². The van der Waals surface area contributed by atoms with Gasteiger partial charge in [-0.15, -0.1) is 0 Å². The first-order valence-corrected chi connectivity index (χ1v) is 18.3. The Bertz CT molecular complexity index is 2450. The number of hydrogen-bond acceptors (Lipinski definition) is 10. The third kappa shape index (κ3) is 7.34. The Morgan fingerprint density at radius 2 is 1.04 bits per heavy atom. The number of hydrogen-bond donors (Lipinski definition) is 6. The number of aryl methyl sites for hydroxylation is 2. The molecule has 0 radical (unpaired) electrons. The molecule has 6 aromatic rings. The Hall–Kier alpha value is -5.36. The summed E-state index contributed by atoms with van der Waals surface area (Å²) in [4.78, 5) is 50.3. The van der Waals surface area contributed by atoms with Crippen LogP contribution in [-0.2, 0) is 22.7 Å². The lowest BCUT2D eigenvalue weighted by Gasteiger charge is -2.24. The number of aromatic nitrogens is 6. The smallest absolute Gasteiger partial charge is 0.326 e. The number of nitrogens with zero attached hydrogens (tertiary/aromatic N) is 6. The Morgan fingerprint density at radius 3 is 1.38 bits per heavy atom. The molecular formula is C38H40Cl2N8O8. The van der Waals surface area contributed by atoms with E-state index >= 15 is 0 Å². The van der Waals surface area contributed by atoms with E-state index in [-0.39, 0.29) is 48.3 Å². The second-order valence-corrected chi connectivity index (χ2v) is 14.7. The summed E-state index contributed by atoms with van der Waals surface area (Å²) in [6.45, 7) is 5.48. The lowest BCUT2D eigenvalue weighted by molar-refractivity contribution is -0.146. The van der Waals surface area contributed by atoms with E-state index in [0.717, 1.165) is 0 Å². The van der Waals surface area contributed by atoms with Gasteiger partial charge < -0.3 is 29.6 Å². The Labute approximate surface area is 329 Å². The van der Waals surface area contributed by atoms with Crippen LogP contribution in [0.2, 0.25) is 10.0 Å². The number of rotatable bonds is 15. The normalized spacial score (nSPS) is 13.9. The van der Waals surface area contributed by atoms with Crippen LogP contribution in [0.3, 0.4) is 0 Å². The van der Waals surface area contributed by atoms with E-state index in [2.05, 4.69) is 20.8 Å². The summed E-state index contributed by atoms with van der Waals surface area (Å²) in [6.07, 6.45) is 3.38. The maximum atomic E-state index is 13.6. The largest absolute Gasteiger partial charge is 0.480 e. The molecule has 2 atom stereocenters. The first-order valence-electron chi connectivity index (χ1n) is 17.5. The Morgan fingerprint density at radius 1 is 0.679 bits per heavy atom. The second-order valence-electron chi connectivity index (χ2n) is 14.0. The number of carbonyl (C=O) groups is 2. The van der Waals surface area contributed by atoms with Crippen LogP contribution in [0.4, 0.5) is 0 Å². The van der Waals surface area contributed by atoms with Crippen LogP contribution < -0.4 is 21.8 Å². The molecule has 2 aromatic carbocycles. The molecule has 6 N–H and O–H groups in total. The number of nitrogens with one attached hydrogen (secondary N) is 2. The molecule has 0 aliphatic rings. The maximum absolute atomic E-state index is 13.6. The highest BCUT2D eigenvalue weighted by Gasteiger charge is 2.32. The van der Waals surface area contributed by atoms with E-state index in [4.69, 9.17) is 23.2 Å². The maximum Gasteiger partial charge on any atom is 0.326 e. The summed E-state index contributed by atoms with van der Waals surface area (Å²) < 4.78 is 5.94. The standard InChI is InChI=1S/C38H40Cl2N8O8/c1-21-17-47-29(33(51)45(21)13-11-41-37(3,19-49)35(53)54)15-27(43-47)25-9-5-7-23(31(25)39)24-8-6-10-26(32(24)40)28-16-30-34(52)46(22(2)18-48(30)44-28)14-12-42-38(4,20-50)36(55)56/h5-10,15-18,41-42,49-50H,11-14,19-20H2,1-4H3,(H,53,54)(H,55,56). The van der Waals surface area contributed by atoms with Gasteiger partial charge in [0.25, 0.3) is 11.1 Å². The van der Waals surface area contributed by atoms with Gasteiger partial charge in [-0.1, -0.05) is 59.6 Å². The van der Waals surface area contributed by atoms with Crippen molar-refractivity contribution in [3.05, 3.63) is 103 Å². The lowest BCUT2D eigenvalue weighted by Crippen LogP contribution is -2.53. The van der Waals surface area contributed by atoms with Gasteiger partial charge in [0.05, 0.1) is 34.6 Å². The molecule has 2 unspecified atom stereocenters. The molecule has 0 fully saturated rings. The van der Waals surface area contributed by atoms with Gasteiger partial charge in [-0.3, -0.25) is 29.8 Å². The van der Waals surface area contributed by atoms with E-state index in [1.54, 1.807) is 74.8 Å². The number of aliphatic hydroxyl groups excluding tert-OH is 2. The van der Waals surface area contributed by atoms with Crippen molar-refractivity contribution < 1.29 is 30.0 Å². The second kappa shape index (κ2) is 15.6. The number of carboxylic acids is 2. The molecule has 0 bridgehead atoms. The van der Waals surface area contributed by atoms with Gasteiger partial charge in [0.15, 0.2) is 0 Å². The molecule has 4 aromatic heterocycles. The summed E-state index contributed by atoms with van der Waals surface area (Å²) >= 11 is 14.1. The van der Waals surface area contributed by atoms with Crippen LogP contribution in [0.25, 0.3) is 44.7 Å². The minimum Gasteiger partial charge on any atom is -0.480 e. The molecule has 6 rings (SSSR count). The van der Waals surface area contributed by atoms with Crippen molar-refractivity contribution in [3.63, 3.8) is 0 Å². The zero-order valence-electron chi connectivity index (χ0n) is 30.9. The van der Waals surface area contributed by atoms with Gasteiger partial charge in [-0.2, -0.15) is 10.2 Å². The van der Waals surface area contributed by atoms with Crippen molar-refractivity contribution >= 4 is 46.2 Å². The van der Waals surface area contributed by atoms with Crippen LogP contribution in [0.1, 0.15) is 25.2 Å². The highest BCUT2D eigenvalue weighted by molar-refractivity contribution is 6.39. The van der Waals surface area contributed by atoms with E-state index in [1.807, 2.05) is 0 Å². The number of halogens is 2. The predicted molar refractivity (Wildman–Crippen MR) is 211 cm³/mol. The van der Waals surface area contributed by atoms with Gasteiger partial charge in [-0.05, 0) is 39.8 Å². The molecule has 0 aliphatic heterocycles. The fourth-order valence-electron chi connectivity index (χ4n) is 6.38. The molecule has 18 heteroatoms. The molecule has 0 saturated carbocycles. The summed E-state index contributed by atoms with van der Waals surface area (Å²) in [6, 6.07) is 14.0. The average molecular weight is 808 g/mol. The molecule has 16 nitrogen and oxygen atoms in total. The molecule has 56 heavy (non-hydrogen) atoms. The van der Waals surface area contributed by atoms with Crippen LogP contribution in [-0.4, -0.2) is 98.1 Å². The van der Waals surface area contributed by atoms with Crippen molar-refractivity contribution in [2.45, 2.75) is 51.9 Å². The molecule has 0 saturated heterocycles. The third-order valence-corrected chi connectivity index (χ3v) is 10.8. The highest BCUT2D eigenvalue weighted by Crippen LogP contribution is 2.42. The van der Waals surface area contributed by atoms with E-state index < -0.39 is 36.2 Å². The van der Waals surface area contributed by atoms with E-state index in [1.165, 1.54) is 32.0 Å². The first kappa shape index (κ1) is 40.3. The lowest BCUT2D eigenvalue weighted by atomic mass is 9.98. The molecule has 4 heterocycles. The van der Waals surface area contributed by atoms with E-state index in [0.29, 0.717) is 55.1 Å². The minimum atomic E-state index is -1.55. The number of aliphatic carboxylic acids is 2. The fraction of sp³-hybridized carbons (Fsp3) is 0.316. The number of aliphatic hydroxyl groups is 2. The Kier molecular flexibility index (Phi) is 11.3. The van der Waals surface area contributed by atoms with E-state index in [9.17, 15) is 39.6 Å². The van der Waals surface area contributed by atoms with Crippen LogP contribution in [0.15, 0.2) is 70.5 Å². The van der Waals surface area contributed by atoms with Gasteiger partial charge >= 0.3 is 11.9 Å². The van der Waals surface area contributed by atoms with Gasteiger partial charge in [0.1, 0.15) is 22.1 Å². The average Bonchev–Trinajstić information content (AvgIpc) is 3.79. The number of benzene rings is 2. The molecular weight excluding hydrogens is 767 g/mol. The summed E-state index contributed by atoms with van der Waals surface area (Å²) in [5.74, 6) is -2.42. The molecule has 0 amide bonds. The quantitative estimate of drug-likeness (QED) is 0.0883. The summed E-state index contributed by atoms with van der Waals surface area (Å²) in [5, 5.41) is 53.5. The van der Waals surface area contributed by atoms with Crippen LogP contribution >= 0.6 is 23.2 Å². The van der Waals surface area contributed by atoms with Crippen LogP contribution in [0.5, 0.6) is 0 Å². The van der Waals surface area contributed by atoms with Crippen molar-refractivity contribution in [3.8, 4) is 33.6 Å². The number of carboxylic acid groups (broad SMARTS) is 2. The third-order valence-electron chi connectivity index (χ3n) is 9.99. The fourth-order valence-corrected chi connectivity index (χ4v) is 7.02. The first-order chi connectivity index (χ1) is 26.5. The van der Waals surface area contributed by atoms with Crippen molar-refractivity contribution in [2.75, 3.05) is 26.3 Å². The number of fused-ring (bicyclic) bond motifs is 2. The predicted octanol–water partition coefficient (Wildman–Crippen LogP) is 3.08. The topological polar surface area (TPSA) is 218 Å². The monoisotopic (exact) mass is 806 g/mol. The molecule has 0 spiro atoms. The molecule has 0 aliphatic carbocycles. The minimum absolute atomic E-state index is 0.112. The van der Waals surface area contributed by atoms with Crippen molar-refractivity contribution in [1.29, 1.82) is 0 Å². The summed E-state index contributed by atoms with van der Waals surface area (Å²) in [7, 11) is 0. The Balaban J connectivity index is 1.30. The van der Waals surface area contributed by atoms with Gasteiger partial charge in [0, 0.05) is 72.2 Å². The van der Waals surface area contributed by atoms with Gasteiger partial charge in [0.2, 0.25) is 0 Å². The SMILES string of the molecule is Cc1cn2nc(-c3cccc(-c4cccc(-c5cc6c(=O)n(CCNC(C)(CO)C(=O)O)c(C)cn6n5)c4Cl)c3Cl)cc2c(=O)n1CCNC(C)(CO)C(=O)O. The highest BCUT2D eigenvalue weighted by atomic mass is 35.5. The molecule has 294 valence electrons. The zero-order valence-corrected chi connectivity index (χ0v) is 32.4. The van der Waals surface area contributed by atoms with Crippen molar-refractivity contribution in [1.82, 2.24) is 39.0 Å². The van der Waals surface area contributed by atoms with Gasteiger partial charge in [-0.25, -0.2) is 9.03 Å². The zero-order chi connectivity index (χ0) is 40.7. The summed E-state index contributed by atoms with van der Waals surface area (Å²) in [5.41, 5.74) is 1.05.